The van der Waals surface area contributed by atoms with Crippen LogP contribution in [0.4, 0.5) is 37.7 Å². The predicted molar refractivity (Wildman–Crippen MR) is 92.8 cm³/mol. The Balaban J connectivity index is 2.28. The zero-order valence-corrected chi connectivity index (χ0v) is 14.7. The summed E-state index contributed by atoms with van der Waals surface area (Å²) in [4.78, 5) is 0. The van der Waals surface area contributed by atoms with Gasteiger partial charge in [0.1, 0.15) is 0 Å². The molecular formula is C15H8Cl2F6N2S. The lowest BCUT2D eigenvalue weighted by atomic mass is 10.1. The lowest BCUT2D eigenvalue weighted by Gasteiger charge is -2.16. The van der Waals surface area contributed by atoms with Crippen molar-refractivity contribution in [2.45, 2.75) is 12.4 Å². The Morgan fingerprint density at radius 2 is 1.35 bits per heavy atom. The third-order valence-electron chi connectivity index (χ3n) is 3.02. The molecule has 0 bridgehead atoms. The molecule has 140 valence electrons. The molecule has 0 aliphatic rings. The molecule has 0 saturated carbocycles. The molecule has 0 aliphatic heterocycles. The second-order valence-corrected chi connectivity index (χ2v) is 6.25. The van der Waals surface area contributed by atoms with Crippen molar-refractivity contribution in [1.82, 2.24) is 0 Å². The van der Waals surface area contributed by atoms with E-state index in [1.165, 1.54) is 18.2 Å². The van der Waals surface area contributed by atoms with Gasteiger partial charge < -0.3 is 10.6 Å². The fourth-order valence-electron chi connectivity index (χ4n) is 1.90. The van der Waals surface area contributed by atoms with Crippen LogP contribution in [0.5, 0.6) is 0 Å². The Morgan fingerprint density at radius 1 is 0.808 bits per heavy atom. The smallest absolute Gasteiger partial charge is 0.332 e. The third-order valence-corrected chi connectivity index (χ3v) is 3.78. The summed E-state index contributed by atoms with van der Waals surface area (Å²) in [6, 6.07) is 5.38. The highest BCUT2D eigenvalue weighted by Crippen LogP contribution is 2.37. The van der Waals surface area contributed by atoms with Crippen molar-refractivity contribution in [3.63, 3.8) is 0 Å². The van der Waals surface area contributed by atoms with E-state index < -0.39 is 29.2 Å². The van der Waals surface area contributed by atoms with Gasteiger partial charge in [-0.2, -0.15) is 26.3 Å². The van der Waals surface area contributed by atoms with Gasteiger partial charge in [0.25, 0.3) is 0 Å². The van der Waals surface area contributed by atoms with Gasteiger partial charge in [0.05, 0.1) is 21.8 Å². The van der Waals surface area contributed by atoms with Gasteiger partial charge in [0, 0.05) is 10.7 Å². The first-order valence-electron chi connectivity index (χ1n) is 6.69. The highest BCUT2D eigenvalue weighted by Gasteiger charge is 2.37. The number of hydrogen-bond acceptors (Lipinski definition) is 1. The van der Waals surface area contributed by atoms with E-state index in [1.807, 2.05) is 0 Å². The van der Waals surface area contributed by atoms with E-state index >= 15 is 0 Å². The van der Waals surface area contributed by atoms with E-state index in [4.69, 9.17) is 35.4 Å². The third kappa shape index (κ3) is 5.39. The first kappa shape index (κ1) is 20.6. The maximum absolute atomic E-state index is 12.8. The molecule has 26 heavy (non-hydrogen) atoms. The minimum atomic E-state index is -4.95. The van der Waals surface area contributed by atoms with E-state index in [0.717, 1.165) is 0 Å². The molecule has 0 amide bonds. The highest BCUT2D eigenvalue weighted by molar-refractivity contribution is 7.80. The van der Waals surface area contributed by atoms with E-state index in [-0.39, 0.29) is 21.9 Å². The summed E-state index contributed by atoms with van der Waals surface area (Å²) >= 11 is 16.6. The van der Waals surface area contributed by atoms with Crippen LogP contribution in [0.15, 0.2) is 36.4 Å². The first-order chi connectivity index (χ1) is 11.9. The Bertz CT molecular complexity index is 804. The van der Waals surface area contributed by atoms with Gasteiger partial charge in [0.15, 0.2) is 5.11 Å². The molecule has 0 spiro atoms. The zero-order chi connectivity index (χ0) is 19.7. The fourth-order valence-corrected chi connectivity index (χ4v) is 2.59. The monoisotopic (exact) mass is 432 g/mol. The number of rotatable bonds is 2. The highest BCUT2D eigenvalue weighted by atomic mass is 35.5. The van der Waals surface area contributed by atoms with Crippen molar-refractivity contribution in [2.75, 3.05) is 10.6 Å². The number of alkyl halides is 6. The van der Waals surface area contributed by atoms with Crippen molar-refractivity contribution in [3.05, 3.63) is 57.6 Å². The molecule has 0 atom stereocenters. The molecule has 2 rings (SSSR count). The summed E-state index contributed by atoms with van der Waals surface area (Å²) in [5, 5.41) is 5.12. The summed E-state index contributed by atoms with van der Waals surface area (Å²) in [5.74, 6) is 0. The molecule has 0 heterocycles. The molecule has 2 nitrogen and oxygen atoms in total. The van der Waals surface area contributed by atoms with Crippen LogP contribution in [0.2, 0.25) is 10.0 Å². The van der Waals surface area contributed by atoms with Gasteiger partial charge in [0.2, 0.25) is 0 Å². The number of halogens is 8. The predicted octanol–water partition coefficient (Wildman–Crippen LogP) is 6.84. The summed E-state index contributed by atoms with van der Waals surface area (Å²) in [7, 11) is 0. The average molecular weight is 433 g/mol. The van der Waals surface area contributed by atoms with Crippen LogP contribution in [0, 0.1) is 0 Å². The molecule has 2 aromatic rings. The van der Waals surface area contributed by atoms with Gasteiger partial charge >= 0.3 is 12.4 Å². The van der Waals surface area contributed by atoms with Gasteiger partial charge in [-0.1, -0.05) is 23.2 Å². The number of anilines is 2. The molecule has 11 heteroatoms. The van der Waals surface area contributed by atoms with Crippen molar-refractivity contribution < 1.29 is 26.3 Å². The Hall–Kier alpha value is -1.71. The molecule has 0 fully saturated rings. The van der Waals surface area contributed by atoms with Gasteiger partial charge in [-0.05, 0) is 48.6 Å². The molecule has 0 aromatic heterocycles. The molecule has 2 N–H and O–H groups in total. The topological polar surface area (TPSA) is 24.1 Å². The van der Waals surface area contributed by atoms with Crippen LogP contribution in [0.1, 0.15) is 11.1 Å². The first-order valence-corrected chi connectivity index (χ1v) is 7.85. The number of nitrogens with one attached hydrogen (secondary N) is 2. The van der Waals surface area contributed by atoms with Gasteiger partial charge in [-0.3, -0.25) is 0 Å². The molecular weight excluding hydrogens is 425 g/mol. The summed E-state index contributed by atoms with van der Waals surface area (Å²) in [6.45, 7) is 0. The van der Waals surface area contributed by atoms with Crippen molar-refractivity contribution in [3.8, 4) is 0 Å². The zero-order valence-electron chi connectivity index (χ0n) is 12.4. The summed E-state index contributed by atoms with van der Waals surface area (Å²) in [6.07, 6.45) is -9.90. The van der Waals surface area contributed by atoms with Gasteiger partial charge in [-0.15, -0.1) is 0 Å². The molecule has 0 aliphatic carbocycles. The largest absolute Gasteiger partial charge is 0.416 e. The molecule has 0 unspecified atom stereocenters. The van der Waals surface area contributed by atoms with Crippen LogP contribution < -0.4 is 10.6 Å². The minimum absolute atomic E-state index is 0.0255. The Labute approximate surface area is 159 Å². The van der Waals surface area contributed by atoms with Crippen molar-refractivity contribution in [1.29, 1.82) is 0 Å². The minimum Gasteiger partial charge on any atom is -0.332 e. The van der Waals surface area contributed by atoms with Crippen LogP contribution >= 0.6 is 35.4 Å². The number of benzene rings is 2. The van der Waals surface area contributed by atoms with E-state index in [9.17, 15) is 26.3 Å². The lowest BCUT2D eigenvalue weighted by Crippen LogP contribution is -2.20. The second kappa shape index (κ2) is 7.50. The Morgan fingerprint density at radius 3 is 1.81 bits per heavy atom. The van der Waals surface area contributed by atoms with Crippen LogP contribution in [0.3, 0.4) is 0 Å². The van der Waals surface area contributed by atoms with E-state index in [2.05, 4.69) is 10.6 Å². The fraction of sp³-hybridized carbons (Fsp3) is 0.133. The second-order valence-electron chi connectivity index (χ2n) is 5.00. The van der Waals surface area contributed by atoms with Gasteiger partial charge in [-0.25, -0.2) is 0 Å². The molecule has 2 aromatic carbocycles. The number of hydrogen-bond donors (Lipinski definition) is 2. The number of thiocarbonyl (C=S) groups is 1. The standard InChI is InChI=1S/C15H8Cl2F6N2S/c16-9-1-2-12(11(17)6-9)25-13(26)24-10-4-7(14(18,19)20)3-8(5-10)15(21,22)23/h1-6H,(H2,24,25,26). The molecule has 0 saturated heterocycles. The summed E-state index contributed by atoms with van der Waals surface area (Å²) < 4.78 is 77.0. The van der Waals surface area contributed by atoms with Crippen molar-refractivity contribution >= 4 is 51.9 Å². The van der Waals surface area contributed by atoms with Crippen LogP contribution in [0.25, 0.3) is 0 Å². The molecule has 0 radical (unpaired) electrons. The Kier molecular flexibility index (Phi) is 5.94. The average Bonchev–Trinajstić information content (AvgIpc) is 2.48. The van der Waals surface area contributed by atoms with Crippen molar-refractivity contribution in [2.24, 2.45) is 0 Å². The maximum atomic E-state index is 12.8. The van der Waals surface area contributed by atoms with Crippen LogP contribution in [-0.2, 0) is 12.4 Å². The SMILES string of the molecule is FC(F)(F)c1cc(NC(=S)Nc2ccc(Cl)cc2Cl)cc(C(F)(F)F)c1. The quantitative estimate of drug-likeness (QED) is 0.401. The van der Waals surface area contributed by atoms with E-state index in [1.54, 1.807) is 0 Å². The normalized spacial score (nSPS) is 12.0. The maximum Gasteiger partial charge on any atom is 0.416 e. The summed E-state index contributed by atoms with van der Waals surface area (Å²) in [5.41, 5.74) is -3.12. The van der Waals surface area contributed by atoms with E-state index in [0.29, 0.717) is 17.2 Å². The lowest BCUT2D eigenvalue weighted by molar-refractivity contribution is -0.143. The van der Waals surface area contributed by atoms with Crippen LogP contribution in [-0.4, -0.2) is 5.11 Å².